The zero-order valence-corrected chi connectivity index (χ0v) is 9.96. The van der Waals surface area contributed by atoms with E-state index < -0.39 is 0 Å². The molecule has 0 bridgehead atoms. The first-order valence-corrected chi connectivity index (χ1v) is 5.59. The molecule has 92 valence electrons. The van der Waals surface area contributed by atoms with Crippen LogP contribution in [0.4, 0.5) is 11.4 Å². The highest BCUT2D eigenvalue weighted by molar-refractivity contribution is 5.90. The number of esters is 1. The van der Waals surface area contributed by atoms with Crippen molar-refractivity contribution in [3.05, 3.63) is 48.5 Å². The molecule has 0 saturated carbocycles. The standard InChI is InChI=1S/C13H13N3O2/c1-2-18-13(17)10-6-12(9-15-7-10)16-11-4-3-5-14-8-11/h3-9,16H,2H2,1H3. The van der Waals surface area contributed by atoms with E-state index in [1.54, 1.807) is 31.6 Å². The van der Waals surface area contributed by atoms with E-state index in [1.165, 1.54) is 6.20 Å². The molecule has 2 aromatic rings. The van der Waals surface area contributed by atoms with Gasteiger partial charge in [-0.3, -0.25) is 9.97 Å². The quantitative estimate of drug-likeness (QED) is 0.835. The molecule has 0 unspecified atom stereocenters. The number of carbonyl (C=O) groups excluding carboxylic acids is 1. The summed E-state index contributed by atoms with van der Waals surface area (Å²) in [5.41, 5.74) is 1.97. The Hall–Kier alpha value is -2.43. The molecule has 0 aliphatic carbocycles. The maximum atomic E-state index is 11.5. The summed E-state index contributed by atoms with van der Waals surface area (Å²) in [5.74, 6) is -0.375. The van der Waals surface area contributed by atoms with E-state index in [0.29, 0.717) is 17.9 Å². The van der Waals surface area contributed by atoms with Gasteiger partial charge in [0.2, 0.25) is 0 Å². The van der Waals surface area contributed by atoms with Gasteiger partial charge in [0.15, 0.2) is 0 Å². The Balaban J connectivity index is 2.15. The van der Waals surface area contributed by atoms with Crippen molar-refractivity contribution in [2.75, 3.05) is 11.9 Å². The SMILES string of the molecule is CCOC(=O)c1cncc(Nc2cccnc2)c1. The summed E-state index contributed by atoms with van der Waals surface area (Å²) in [6, 6.07) is 5.40. The molecule has 0 radical (unpaired) electrons. The van der Waals surface area contributed by atoms with Crippen molar-refractivity contribution in [3.8, 4) is 0 Å². The number of nitrogens with one attached hydrogen (secondary N) is 1. The van der Waals surface area contributed by atoms with E-state index in [2.05, 4.69) is 15.3 Å². The van der Waals surface area contributed by atoms with Crippen molar-refractivity contribution in [2.45, 2.75) is 6.92 Å². The van der Waals surface area contributed by atoms with E-state index in [9.17, 15) is 4.79 Å². The Bertz CT molecular complexity index is 529. The topological polar surface area (TPSA) is 64.1 Å². The summed E-state index contributed by atoms with van der Waals surface area (Å²) in [5, 5.41) is 3.11. The molecule has 0 spiro atoms. The van der Waals surface area contributed by atoms with Crippen LogP contribution in [0.3, 0.4) is 0 Å². The lowest BCUT2D eigenvalue weighted by molar-refractivity contribution is 0.0526. The summed E-state index contributed by atoms with van der Waals surface area (Å²) in [6.07, 6.45) is 6.50. The van der Waals surface area contributed by atoms with E-state index in [4.69, 9.17) is 4.74 Å². The maximum absolute atomic E-state index is 11.5. The zero-order valence-electron chi connectivity index (χ0n) is 9.96. The van der Waals surface area contributed by atoms with Crippen LogP contribution in [0, 0.1) is 0 Å². The Morgan fingerprint density at radius 2 is 2.11 bits per heavy atom. The zero-order chi connectivity index (χ0) is 12.8. The van der Waals surface area contributed by atoms with Crippen molar-refractivity contribution >= 4 is 17.3 Å². The number of nitrogens with zero attached hydrogens (tertiary/aromatic N) is 2. The second-order valence-electron chi connectivity index (χ2n) is 3.55. The number of rotatable bonds is 4. The molecule has 0 atom stereocenters. The molecule has 1 N–H and O–H groups in total. The highest BCUT2D eigenvalue weighted by Crippen LogP contribution is 2.15. The Labute approximate surface area is 105 Å². The number of hydrogen-bond acceptors (Lipinski definition) is 5. The monoisotopic (exact) mass is 243 g/mol. The van der Waals surface area contributed by atoms with Gasteiger partial charge >= 0.3 is 5.97 Å². The molecule has 0 saturated heterocycles. The van der Waals surface area contributed by atoms with Crippen molar-refractivity contribution in [1.82, 2.24) is 9.97 Å². The lowest BCUT2D eigenvalue weighted by Crippen LogP contribution is -2.05. The normalized spacial score (nSPS) is 9.83. The van der Waals surface area contributed by atoms with E-state index in [1.807, 2.05) is 12.1 Å². The molecule has 0 aliphatic heterocycles. The number of ether oxygens (including phenoxy) is 1. The average Bonchev–Trinajstić information content (AvgIpc) is 2.40. The van der Waals surface area contributed by atoms with Gasteiger partial charge in [-0.15, -0.1) is 0 Å². The average molecular weight is 243 g/mol. The Kier molecular flexibility index (Phi) is 3.86. The van der Waals surface area contributed by atoms with Crippen molar-refractivity contribution < 1.29 is 9.53 Å². The predicted molar refractivity (Wildman–Crippen MR) is 67.7 cm³/mol. The number of pyridine rings is 2. The van der Waals surface area contributed by atoms with Crippen molar-refractivity contribution in [3.63, 3.8) is 0 Å². The molecule has 18 heavy (non-hydrogen) atoms. The van der Waals surface area contributed by atoms with Gasteiger partial charge in [-0.1, -0.05) is 0 Å². The molecule has 0 aromatic carbocycles. The largest absolute Gasteiger partial charge is 0.462 e. The van der Waals surface area contributed by atoms with Gasteiger partial charge in [-0.05, 0) is 25.1 Å². The van der Waals surface area contributed by atoms with E-state index in [0.717, 1.165) is 5.69 Å². The first-order valence-electron chi connectivity index (χ1n) is 5.59. The third-order valence-corrected chi connectivity index (χ3v) is 2.20. The second-order valence-corrected chi connectivity index (χ2v) is 3.55. The Morgan fingerprint density at radius 3 is 2.83 bits per heavy atom. The molecule has 0 aliphatic rings. The van der Waals surface area contributed by atoms with Gasteiger partial charge in [-0.25, -0.2) is 4.79 Å². The van der Waals surface area contributed by atoms with Crippen LogP contribution >= 0.6 is 0 Å². The lowest BCUT2D eigenvalue weighted by Gasteiger charge is -2.07. The summed E-state index contributed by atoms with van der Waals surface area (Å²) < 4.78 is 4.91. The van der Waals surface area contributed by atoms with Gasteiger partial charge in [-0.2, -0.15) is 0 Å². The van der Waals surface area contributed by atoms with Gasteiger partial charge < -0.3 is 10.1 Å². The smallest absolute Gasteiger partial charge is 0.339 e. The van der Waals surface area contributed by atoms with Crippen LogP contribution in [0.15, 0.2) is 43.0 Å². The predicted octanol–water partition coefficient (Wildman–Crippen LogP) is 2.40. The van der Waals surface area contributed by atoms with Crippen LogP contribution in [0.25, 0.3) is 0 Å². The summed E-state index contributed by atoms with van der Waals surface area (Å²) >= 11 is 0. The minimum absolute atomic E-state index is 0.346. The van der Waals surface area contributed by atoms with Crippen LogP contribution in [0.5, 0.6) is 0 Å². The lowest BCUT2D eigenvalue weighted by atomic mass is 10.2. The fourth-order valence-electron chi connectivity index (χ4n) is 1.44. The molecule has 2 aromatic heterocycles. The van der Waals surface area contributed by atoms with Crippen LogP contribution in [0.2, 0.25) is 0 Å². The third-order valence-electron chi connectivity index (χ3n) is 2.20. The summed E-state index contributed by atoms with van der Waals surface area (Å²) in [7, 11) is 0. The molecular weight excluding hydrogens is 230 g/mol. The minimum atomic E-state index is -0.375. The van der Waals surface area contributed by atoms with Gasteiger partial charge in [0, 0.05) is 12.4 Å². The summed E-state index contributed by atoms with van der Waals surface area (Å²) in [6.45, 7) is 2.11. The highest BCUT2D eigenvalue weighted by Gasteiger charge is 2.07. The molecule has 0 fully saturated rings. The molecule has 2 heterocycles. The number of aromatic nitrogens is 2. The second kappa shape index (κ2) is 5.77. The minimum Gasteiger partial charge on any atom is -0.462 e. The fourth-order valence-corrected chi connectivity index (χ4v) is 1.44. The number of carbonyl (C=O) groups is 1. The van der Waals surface area contributed by atoms with Crippen LogP contribution in [0.1, 0.15) is 17.3 Å². The first kappa shape index (κ1) is 12.0. The van der Waals surface area contributed by atoms with Gasteiger partial charge in [0.25, 0.3) is 0 Å². The van der Waals surface area contributed by atoms with Gasteiger partial charge in [0.05, 0.1) is 35.9 Å². The van der Waals surface area contributed by atoms with Crippen molar-refractivity contribution in [2.24, 2.45) is 0 Å². The van der Waals surface area contributed by atoms with Crippen LogP contribution in [-0.4, -0.2) is 22.5 Å². The molecule has 5 heteroatoms. The molecule has 2 rings (SSSR count). The van der Waals surface area contributed by atoms with Crippen LogP contribution in [-0.2, 0) is 4.74 Å². The first-order chi connectivity index (χ1) is 8.79. The van der Waals surface area contributed by atoms with E-state index in [-0.39, 0.29) is 5.97 Å². The number of hydrogen-bond donors (Lipinski definition) is 1. The molecular formula is C13H13N3O2. The molecule has 0 amide bonds. The Morgan fingerprint density at radius 1 is 1.28 bits per heavy atom. The fraction of sp³-hybridized carbons (Fsp3) is 0.154. The van der Waals surface area contributed by atoms with Crippen molar-refractivity contribution in [1.29, 1.82) is 0 Å². The third kappa shape index (κ3) is 3.04. The summed E-state index contributed by atoms with van der Waals surface area (Å²) in [4.78, 5) is 19.5. The maximum Gasteiger partial charge on any atom is 0.339 e. The van der Waals surface area contributed by atoms with Gasteiger partial charge in [0.1, 0.15) is 0 Å². The highest BCUT2D eigenvalue weighted by atomic mass is 16.5. The number of anilines is 2. The van der Waals surface area contributed by atoms with Crippen LogP contribution < -0.4 is 5.32 Å². The van der Waals surface area contributed by atoms with E-state index >= 15 is 0 Å². The molecule has 5 nitrogen and oxygen atoms in total.